The maximum atomic E-state index is 11.9. The van der Waals surface area contributed by atoms with Gasteiger partial charge in [0.1, 0.15) is 5.65 Å². The Morgan fingerprint density at radius 3 is 3.05 bits per heavy atom. The molecule has 0 aliphatic carbocycles. The van der Waals surface area contributed by atoms with Crippen LogP contribution in [0.3, 0.4) is 0 Å². The number of nitrogens with one attached hydrogen (secondary N) is 1. The lowest BCUT2D eigenvalue weighted by atomic mass is 10.1. The molecule has 0 spiro atoms. The van der Waals surface area contributed by atoms with E-state index in [-0.39, 0.29) is 5.56 Å². The van der Waals surface area contributed by atoms with Crippen molar-refractivity contribution < 1.29 is 0 Å². The van der Waals surface area contributed by atoms with Crippen molar-refractivity contribution in [1.82, 2.24) is 14.7 Å². The molecule has 0 amide bonds. The Labute approximate surface area is 116 Å². The van der Waals surface area contributed by atoms with E-state index in [4.69, 9.17) is 0 Å². The Morgan fingerprint density at radius 2 is 2.21 bits per heavy atom. The Balaban J connectivity index is 1.75. The highest BCUT2D eigenvalue weighted by molar-refractivity contribution is 7.99. The van der Waals surface area contributed by atoms with Gasteiger partial charge in [-0.2, -0.15) is 11.8 Å². The molecule has 1 N–H and O–H groups in total. The quantitative estimate of drug-likeness (QED) is 0.926. The lowest BCUT2D eigenvalue weighted by molar-refractivity contribution is 0.478. The SMILES string of the molecule is O=c1cc(CNC2CCSCC2)nc2ccccn12. The summed E-state index contributed by atoms with van der Waals surface area (Å²) in [4.78, 5) is 16.5. The monoisotopic (exact) mass is 275 g/mol. The van der Waals surface area contributed by atoms with Crippen molar-refractivity contribution in [3.05, 3.63) is 46.5 Å². The van der Waals surface area contributed by atoms with Gasteiger partial charge >= 0.3 is 0 Å². The van der Waals surface area contributed by atoms with Crippen molar-refractivity contribution in [2.45, 2.75) is 25.4 Å². The van der Waals surface area contributed by atoms with Crippen LogP contribution in [0.15, 0.2) is 35.3 Å². The molecule has 0 unspecified atom stereocenters. The highest BCUT2D eigenvalue weighted by atomic mass is 32.2. The van der Waals surface area contributed by atoms with Crippen LogP contribution < -0.4 is 10.9 Å². The first-order valence-electron chi connectivity index (χ1n) is 6.61. The van der Waals surface area contributed by atoms with Crippen LogP contribution >= 0.6 is 11.8 Å². The van der Waals surface area contributed by atoms with Crippen molar-refractivity contribution in [3.8, 4) is 0 Å². The van der Waals surface area contributed by atoms with E-state index in [0.29, 0.717) is 18.2 Å². The first-order valence-corrected chi connectivity index (χ1v) is 7.77. The van der Waals surface area contributed by atoms with E-state index in [9.17, 15) is 4.79 Å². The summed E-state index contributed by atoms with van der Waals surface area (Å²) in [6.45, 7) is 0.677. The molecule has 0 radical (unpaired) electrons. The molecule has 2 aromatic rings. The molecule has 19 heavy (non-hydrogen) atoms. The average molecular weight is 275 g/mol. The van der Waals surface area contributed by atoms with Crippen LogP contribution in [0.5, 0.6) is 0 Å². The second kappa shape index (κ2) is 5.75. The largest absolute Gasteiger partial charge is 0.308 e. The fourth-order valence-corrected chi connectivity index (χ4v) is 3.45. The van der Waals surface area contributed by atoms with Gasteiger partial charge in [0.25, 0.3) is 5.56 Å². The summed E-state index contributed by atoms with van der Waals surface area (Å²) in [7, 11) is 0. The second-order valence-corrected chi connectivity index (χ2v) is 6.01. The molecule has 0 aromatic carbocycles. The average Bonchev–Trinajstić information content (AvgIpc) is 2.46. The third-order valence-electron chi connectivity index (χ3n) is 3.42. The van der Waals surface area contributed by atoms with Gasteiger partial charge in [-0.05, 0) is 36.5 Å². The summed E-state index contributed by atoms with van der Waals surface area (Å²) < 4.78 is 1.57. The van der Waals surface area contributed by atoms with Crippen LogP contribution in [0.2, 0.25) is 0 Å². The fraction of sp³-hybridized carbons (Fsp3) is 0.429. The summed E-state index contributed by atoms with van der Waals surface area (Å²) >= 11 is 2.02. The van der Waals surface area contributed by atoms with Crippen LogP contribution in [-0.2, 0) is 6.54 Å². The number of rotatable bonds is 3. The minimum Gasteiger partial charge on any atom is -0.308 e. The Morgan fingerprint density at radius 1 is 1.37 bits per heavy atom. The molecule has 2 aromatic heterocycles. The number of hydrogen-bond acceptors (Lipinski definition) is 4. The lowest BCUT2D eigenvalue weighted by Crippen LogP contribution is -2.32. The lowest BCUT2D eigenvalue weighted by Gasteiger charge is -2.22. The predicted molar refractivity (Wildman–Crippen MR) is 78.6 cm³/mol. The van der Waals surface area contributed by atoms with Gasteiger partial charge in [0.15, 0.2) is 0 Å². The summed E-state index contributed by atoms with van der Waals surface area (Å²) in [5.41, 5.74) is 1.53. The normalized spacial score (nSPS) is 16.8. The molecular weight excluding hydrogens is 258 g/mol. The Bertz CT molecular complexity index is 619. The van der Waals surface area contributed by atoms with E-state index >= 15 is 0 Å². The van der Waals surface area contributed by atoms with Crippen LogP contribution in [0, 0.1) is 0 Å². The first kappa shape index (κ1) is 12.7. The number of pyridine rings is 1. The molecule has 1 aliphatic heterocycles. The smallest absolute Gasteiger partial charge is 0.258 e. The third-order valence-corrected chi connectivity index (χ3v) is 4.47. The third kappa shape index (κ3) is 2.98. The van der Waals surface area contributed by atoms with Gasteiger partial charge in [0.2, 0.25) is 0 Å². The van der Waals surface area contributed by atoms with Crippen LogP contribution in [0.1, 0.15) is 18.5 Å². The summed E-state index contributed by atoms with van der Waals surface area (Å²) in [6, 6.07) is 7.79. The number of aromatic nitrogens is 2. The maximum Gasteiger partial charge on any atom is 0.258 e. The van der Waals surface area contributed by atoms with Crippen molar-refractivity contribution >= 4 is 17.4 Å². The van der Waals surface area contributed by atoms with E-state index in [0.717, 1.165) is 5.69 Å². The van der Waals surface area contributed by atoms with E-state index < -0.39 is 0 Å². The van der Waals surface area contributed by atoms with Crippen molar-refractivity contribution in [3.63, 3.8) is 0 Å². The zero-order chi connectivity index (χ0) is 13.1. The molecule has 1 saturated heterocycles. The first-order chi connectivity index (χ1) is 9.33. The second-order valence-electron chi connectivity index (χ2n) is 4.78. The Kier molecular flexibility index (Phi) is 3.84. The van der Waals surface area contributed by atoms with E-state index in [1.54, 1.807) is 16.7 Å². The molecule has 1 fully saturated rings. The van der Waals surface area contributed by atoms with Crippen molar-refractivity contribution in [2.24, 2.45) is 0 Å². The molecular formula is C14H17N3OS. The number of thioether (sulfide) groups is 1. The predicted octanol–water partition coefficient (Wildman–Crippen LogP) is 1.68. The Hall–Kier alpha value is -1.33. The minimum absolute atomic E-state index is 0.0124. The fourth-order valence-electron chi connectivity index (χ4n) is 2.34. The van der Waals surface area contributed by atoms with E-state index in [1.807, 2.05) is 30.0 Å². The van der Waals surface area contributed by atoms with Crippen LogP contribution in [-0.4, -0.2) is 26.9 Å². The summed E-state index contributed by atoms with van der Waals surface area (Å²) in [5, 5.41) is 3.51. The molecule has 3 heterocycles. The van der Waals surface area contributed by atoms with Crippen LogP contribution in [0.25, 0.3) is 5.65 Å². The van der Waals surface area contributed by atoms with Gasteiger partial charge in [-0.3, -0.25) is 9.20 Å². The van der Waals surface area contributed by atoms with Gasteiger partial charge in [-0.1, -0.05) is 6.07 Å². The molecule has 100 valence electrons. The van der Waals surface area contributed by atoms with Crippen molar-refractivity contribution in [1.29, 1.82) is 0 Å². The topological polar surface area (TPSA) is 46.4 Å². The highest BCUT2D eigenvalue weighted by Gasteiger charge is 2.13. The molecule has 0 atom stereocenters. The van der Waals surface area contributed by atoms with Crippen molar-refractivity contribution in [2.75, 3.05) is 11.5 Å². The zero-order valence-electron chi connectivity index (χ0n) is 10.7. The molecule has 5 heteroatoms. The maximum absolute atomic E-state index is 11.9. The van der Waals surface area contributed by atoms with E-state index in [1.165, 1.54) is 24.3 Å². The van der Waals surface area contributed by atoms with Gasteiger partial charge < -0.3 is 5.32 Å². The van der Waals surface area contributed by atoms with Gasteiger partial charge in [0.05, 0.1) is 5.69 Å². The molecule has 3 rings (SSSR count). The summed E-state index contributed by atoms with van der Waals surface area (Å²) in [6.07, 6.45) is 4.16. The molecule has 0 saturated carbocycles. The number of nitrogens with zero attached hydrogens (tertiary/aromatic N) is 2. The molecule has 0 bridgehead atoms. The number of hydrogen-bond donors (Lipinski definition) is 1. The standard InChI is InChI=1S/C14H17N3OS/c18-14-9-12(10-15-11-4-7-19-8-5-11)16-13-3-1-2-6-17(13)14/h1-3,6,9,11,15H,4-5,7-8,10H2. The van der Waals surface area contributed by atoms with E-state index in [2.05, 4.69) is 10.3 Å². The number of fused-ring (bicyclic) bond motifs is 1. The van der Waals surface area contributed by atoms with Gasteiger partial charge in [-0.25, -0.2) is 4.98 Å². The van der Waals surface area contributed by atoms with Crippen LogP contribution in [0.4, 0.5) is 0 Å². The highest BCUT2D eigenvalue weighted by Crippen LogP contribution is 2.17. The molecule has 4 nitrogen and oxygen atoms in total. The van der Waals surface area contributed by atoms with Gasteiger partial charge in [0, 0.05) is 24.8 Å². The zero-order valence-corrected chi connectivity index (χ0v) is 11.5. The molecule has 1 aliphatic rings. The minimum atomic E-state index is -0.0124. The van der Waals surface area contributed by atoms with Gasteiger partial charge in [-0.15, -0.1) is 0 Å². The summed E-state index contributed by atoms with van der Waals surface area (Å²) in [5.74, 6) is 2.46.